The summed E-state index contributed by atoms with van der Waals surface area (Å²) < 4.78 is 19.7. The molecule has 5 aromatic rings. The number of hydrazone groups is 1. The van der Waals surface area contributed by atoms with Crippen LogP contribution in [0.3, 0.4) is 0 Å². The van der Waals surface area contributed by atoms with Crippen molar-refractivity contribution < 1.29 is 13.6 Å². The molecule has 2 aromatic heterocycles. The zero-order chi connectivity index (χ0) is 22.9. The molecule has 3 aromatic carbocycles. The maximum absolute atomic E-state index is 13.7. The van der Waals surface area contributed by atoms with Gasteiger partial charge in [0, 0.05) is 10.6 Å². The first-order valence-corrected chi connectivity index (χ1v) is 10.9. The van der Waals surface area contributed by atoms with Crippen LogP contribution in [-0.4, -0.2) is 17.1 Å². The minimum absolute atomic E-state index is 0.157. The zero-order valence-electron chi connectivity index (χ0n) is 16.7. The number of carbonyl (C=O) groups excluding carboxylic acids is 1. The van der Waals surface area contributed by atoms with Crippen LogP contribution in [0.1, 0.15) is 15.9 Å². The second-order valence-electron chi connectivity index (χ2n) is 7.00. The highest BCUT2D eigenvalue weighted by Gasteiger charge is 2.22. The van der Waals surface area contributed by atoms with E-state index >= 15 is 0 Å². The molecule has 2 heterocycles. The topological polar surface area (TPSA) is 75.8 Å². The van der Waals surface area contributed by atoms with Gasteiger partial charge in [0.1, 0.15) is 17.7 Å². The molecule has 9 heteroatoms. The first-order chi connectivity index (χ1) is 16.0. The number of halogens is 2. The summed E-state index contributed by atoms with van der Waals surface area (Å²) in [5.41, 5.74) is 1.10. The van der Waals surface area contributed by atoms with Gasteiger partial charge in [-0.25, -0.2) is 9.37 Å². The van der Waals surface area contributed by atoms with E-state index in [1.165, 1.54) is 36.7 Å². The van der Waals surface area contributed by atoms with Crippen LogP contribution in [-0.2, 0) is 0 Å². The van der Waals surface area contributed by atoms with Crippen molar-refractivity contribution in [1.82, 2.24) is 4.98 Å². The number of hydrogen-bond acceptors (Lipinski definition) is 6. The van der Waals surface area contributed by atoms with Crippen LogP contribution < -0.4 is 10.4 Å². The number of hydrogen-bond donors (Lipinski definition) is 0. The van der Waals surface area contributed by atoms with Gasteiger partial charge in [-0.2, -0.15) is 10.1 Å². The Morgan fingerprint density at radius 2 is 1.97 bits per heavy atom. The molecule has 0 aliphatic heterocycles. The third-order valence-corrected chi connectivity index (χ3v) is 6.03. The third kappa shape index (κ3) is 4.13. The van der Waals surface area contributed by atoms with Crippen molar-refractivity contribution in [2.24, 2.45) is 5.10 Å². The van der Waals surface area contributed by atoms with Crippen molar-refractivity contribution in [3.63, 3.8) is 0 Å². The van der Waals surface area contributed by atoms with Crippen molar-refractivity contribution in [3.8, 4) is 0 Å². The van der Waals surface area contributed by atoms with Gasteiger partial charge in [0.05, 0.1) is 27.4 Å². The molecule has 0 aliphatic carbocycles. The molecular formula is C24H13ClFN3O3S. The van der Waals surface area contributed by atoms with Gasteiger partial charge in [0.25, 0.3) is 5.91 Å². The first-order valence-electron chi connectivity index (χ1n) is 9.70. The van der Waals surface area contributed by atoms with Crippen LogP contribution in [0.4, 0.5) is 9.52 Å². The molecule has 0 bridgehead atoms. The molecule has 0 saturated heterocycles. The van der Waals surface area contributed by atoms with Crippen molar-refractivity contribution in [1.29, 1.82) is 0 Å². The lowest BCUT2D eigenvalue weighted by molar-refractivity contribution is 0.0988. The maximum Gasteiger partial charge on any atom is 0.280 e. The normalized spacial score (nSPS) is 11.5. The van der Waals surface area contributed by atoms with E-state index in [0.717, 1.165) is 16.3 Å². The number of carbonyl (C=O) groups is 1. The molecule has 6 nitrogen and oxygen atoms in total. The number of anilines is 1. The fraction of sp³-hybridized carbons (Fsp3) is 0. The summed E-state index contributed by atoms with van der Waals surface area (Å²) in [6.45, 7) is 0. The van der Waals surface area contributed by atoms with E-state index in [2.05, 4.69) is 10.1 Å². The van der Waals surface area contributed by atoms with Gasteiger partial charge in [-0.15, -0.1) is 0 Å². The molecule has 0 fully saturated rings. The smallest absolute Gasteiger partial charge is 0.280 e. The van der Waals surface area contributed by atoms with E-state index < -0.39 is 11.7 Å². The summed E-state index contributed by atoms with van der Waals surface area (Å²) in [7, 11) is 0. The summed E-state index contributed by atoms with van der Waals surface area (Å²) in [6, 6.07) is 17.4. The highest BCUT2D eigenvalue weighted by molar-refractivity contribution is 7.22. The van der Waals surface area contributed by atoms with Gasteiger partial charge in [-0.3, -0.25) is 9.59 Å². The first kappa shape index (κ1) is 21.0. The fourth-order valence-corrected chi connectivity index (χ4v) is 4.35. The number of para-hydroxylation sites is 1. The summed E-state index contributed by atoms with van der Waals surface area (Å²) in [5.74, 6) is -0.929. The molecule has 0 atom stereocenters. The molecule has 0 saturated carbocycles. The van der Waals surface area contributed by atoms with Crippen LogP contribution in [0.2, 0.25) is 5.02 Å². The summed E-state index contributed by atoms with van der Waals surface area (Å²) in [6.07, 6.45) is 2.53. The Bertz CT molecular complexity index is 1610. The van der Waals surface area contributed by atoms with Crippen LogP contribution in [0.5, 0.6) is 0 Å². The van der Waals surface area contributed by atoms with E-state index in [0.29, 0.717) is 26.2 Å². The van der Waals surface area contributed by atoms with Gasteiger partial charge < -0.3 is 4.42 Å². The van der Waals surface area contributed by atoms with Crippen molar-refractivity contribution in [2.75, 3.05) is 5.01 Å². The van der Waals surface area contributed by atoms with Crippen LogP contribution in [0.25, 0.3) is 21.2 Å². The SMILES string of the molecule is O=C(c1cccc(Cl)c1)N(/N=C/c1coc2ccccc2c1=O)c1nc2ccc(F)cc2s1. The van der Waals surface area contributed by atoms with Gasteiger partial charge in [-0.1, -0.05) is 41.1 Å². The quantitative estimate of drug-likeness (QED) is 0.239. The van der Waals surface area contributed by atoms with E-state index in [4.69, 9.17) is 16.0 Å². The number of aromatic nitrogens is 1. The van der Waals surface area contributed by atoms with E-state index in [1.54, 1.807) is 42.5 Å². The molecule has 0 spiro atoms. The maximum atomic E-state index is 13.7. The lowest BCUT2D eigenvalue weighted by atomic mass is 10.2. The van der Waals surface area contributed by atoms with E-state index in [1.807, 2.05) is 0 Å². The average Bonchev–Trinajstić information content (AvgIpc) is 3.23. The van der Waals surface area contributed by atoms with Crippen molar-refractivity contribution in [2.45, 2.75) is 0 Å². The summed E-state index contributed by atoms with van der Waals surface area (Å²) in [4.78, 5) is 30.5. The zero-order valence-corrected chi connectivity index (χ0v) is 18.3. The molecular weight excluding hydrogens is 465 g/mol. The van der Waals surface area contributed by atoms with Crippen molar-refractivity contribution in [3.05, 3.63) is 105 Å². The summed E-state index contributed by atoms with van der Waals surface area (Å²) in [5, 5.41) is 6.31. The number of amides is 1. The highest BCUT2D eigenvalue weighted by atomic mass is 35.5. The Hall–Kier alpha value is -3.88. The van der Waals surface area contributed by atoms with Crippen LogP contribution in [0.15, 0.2) is 87.3 Å². The molecule has 0 unspecified atom stereocenters. The molecule has 33 heavy (non-hydrogen) atoms. The Balaban J connectivity index is 1.61. The monoisotopic (exact) mass is 477 g/mol. The molecule has 162 valence electrons. The largest absolute Gasteiger partial charge is 0.463 e. The van der Waals surface area contributed by atoms with Crippen LogP contribution in [0, 0.1) is 5.82 Å². The fourth-order valence-electron chi connectivity index (χ4n) is 3.21. The molecule has 0 radical (unpaired) electrons. The lowest BCUT2D eigenvalue weighted by Crippen LogP contribution is -2.26. The summed E-state index contributed by atoms with van der Waals surface area (Å²) >= 11 is 7.15. The number of fused-ring (bicyclic) bond motifs is 2. The van der Waals surface area contributed by atoms with Gasteiger partial charge in [0.15, 0.2) is 0 Å². The van der Waals surface area contributed by atoms with Gasteiger partial charge in [-0.05, 0) is 48.5 Å². The predicted molar refractivity (Wildman–Crippen MR) is 128 cm³/mol. The average molecular weight is 478 g/mol. The highest BCUT2D eigenvalue weighted by Crippen LogP contribution is 2.31. The molecule has 0 aliphatic rings. The molecule has 0 N–H and O–H groups in total. The molecule has 5 rings (SSSR count). The van der Waals surface area contributed by atoms with Gasteiger partial charge in [0.2, 0.25) is 10.6 Å². The number of benzene rings is 3. The predicted octanol–water partition coefficient (Wildman–Crippen LogP) is 5.88. The minimum atomic E-state index is -0.515. The van der Waals surface area contributed by atoms with E-state index in [9.17, 15) is 14.0 Å². The standard InChI is InChI=1S/C24H13ClFN3O3S/c25-16-5-3-4-14(10-16)23(31)29(24-28-19-9-8-17(26)11-21(19)33-24)27-12-15-13-32-20-7-2-1-6-18(20)22(15)30/h1-13H/b27-12+. The number of thiazole rings is 1. The Labute approximate surface area is 195 Å². The Morgan fingerprint density at radius 1 is 1.12 bits per heavy atom. The minimum Gasteiger partial charge on any atom is -0.463 e. The number of rotatable bonds is 4. The lowest BCUT2D eigenvalue weighted by Gasteiger charge is -2.14. The second-order valence-corrected chi connectivity index (χ2v) is 8.44. The van der Waals surface area contributed by atoms with Crippen LogP contribution >= 0.6 is 22.9 Å². The van der Waals surface area contributed by atoms with Crippen molar-refractivity contribution >= 4 is 61.4 Å². The number of nitrogens with zero attached hydrogens (tertiary/aromatic N) is 3. The second kappa shape index (κ2) is 8.57. The van der Waals surface area contributed by atoms with Gasteiger partial charge >= 0.3 is 0 Å². The van der Waals surface area contributed by atoms with E-state index in [-0.39, 0.29) is 21.7 Å². The third-order valence-electron chi connectivity index (χ3n) is 4.80. The Morgan fingerprint density at radius 3 is 2.82 bits per heavy atom. The Kier molecular flexibility index (Phi) is 5.45. The molecule has 1 amide bonds.